The molecule has 2 N–H and O–H groups in total. The molecule has 2 aromatic carbocycles. The molecule has 29 heavy (non-hydrogen) atoms. The molecule has 154 valence electrons. The van der Waals surface area contributed by atoms with Crippen LogP contribution in [0.25, 0.3) is 6.08 Å². The van der Waals surface area contributed by atoms with Gasteiger partial charge >= 0.3 is 0 Å². The van der Waals surface area contributed by atoms with Gasteiger partial charge in [-0.15, -0.1) is 0 Å². The third-order valence-electron chi connectivity index (χ3n) is 3.80. The minimum Gasteiger partial charge on any atom is -0.493 e. The first-order chi connectivity index (χ1) is 13.9. The van der Waals surface area contributed by atoms with Gasteiger partial charge in [0.1, 0.15) is 0 Å². The molecule has 0 bridgehead atoms. The van der Waals surface area contributed by atoms with Crippen LogP contribution in [0.15, 0.2) is 42.5 Å². The molecule has 2 aromatic rings. The zero-order valence-corrected chi connectivity index (χ0v) is 16.9. The standard InChI is InChI=1S/C20H22ClN3O5/c1-3-29-20-17(21)12-14(13-18(20)28-2)4-9-19(25)23-11-10-22-15-5-7-16(8-6-15)24(26)27/h4-9,12-13,22H,3,10-11H2,1-2H3,(H,23,25)/b9-4+. The molecule has 0 saturated heterocycles. The summed E-state index contributed by atoms with van der Waals surface area (Å²) in [6.07, 6.45) is 3.03. The Balaban J connectivity index is 1.83. The number of ether oxygens (including phenoxy) is 2. The van der Waals surface area contributed by atoms with Crippen molar-refractivity contribution in [2.75, 3.05) is 32.1 Å². The fourth-order valence-corrected chi connectivity index (χ4v) is 2.72. The minimum absolute atomic E-state index is 0.0278. The lowest BCUT2D eigenvalue weighted by molar-refractivity contribution is -0.384. The van der Waals surface area contributed by atoms with Crippen molar-refractivity contribution in [2.24, 2.45) is 0 Å². The van der Waals surface area contributed by atoms with Gasteiger partial charge in [-0.05, 0) is 42.8 Å². The van der Waals surface area contributed by atoms with Crippen LogP contribution in [0.5, 0.6) is 11.5 Å². The number of anilines is 1. The Bertz CT molecular complexity index is 884. The molecule has 8 nitrogen and oxygen atoms in total. The maximum absolute atomic E-state index is 12.0. The average Bonchev–Trinajstić information content (AvgIpc) is 2.71. The first-order valence-corrected chi connectivity index (χ1v) is 9.27. The second kappa shape index (κ2) is 10.9. The first-order valence-electron chi connectivity index (χ1n) is 8.89. The number of nitrogens with zero attached hydrogens (tertiary/aromatic N) is 1. The molecule has 0 unspecified atom stereocenters. The normalized spacial score (nSPS) is 10.6. The van der Waals surface area contributed by atoms with Gasteiger partial charge in [-0.2, -0.15) is 0 Å². The number of non-ortho nitro benzene ring substituents is 1. The SMILES string of the molecule is CCOc1c(Cl)cc(/C=C/C(=O)NCCNc2ccc([N+](=O)[O-])cc2)cc1OC. The quantitative estimate of drug-likeness (QED) is 0.262. The van der Waals surface area contributed by atoms with E-state index in [4.69, 9.17) is 21.1 Å². The van der Waals surface area contributed by atoms with E-state index in [0.717, 1.165) is 5.69 Å². The number of nitro groups is 1. The Morgan fingerprint density at radius 1 is 1.24 bits per heavy atom. The molecular weight excluding hydrogens is 398 g/mol. The van der Waals surface area contributed by atoms with E-state index in [-0.39, 0.29) is 11.6 Å². The van der Waals surface area contributed by atoms with Crippen molar-refractivity contribution in [1.82, 2.24) is 5.32 Å². The molecule has 0 fully saturated rings. The fourth-order valence-electron chi connectivity index (χ4n) is 2.44. The van der Waals surface area contributed by atoms with Crippen LogP contribution in [0.4, 0.5) is 11.4 Å². The number of nitrogens with one attached hydrogen (secondary N) is 2. The smallest absolute Gasteiger partial charge is 0.269 e. The Morgan fingerprint density at radius 3 is 2.59 bits per heavy atom. The van der Waals surface area contributed by atoms with Crippen molar-refractivity contribution >= 4 is 35.0 Å². The molecule has 0 saturated carbocycles. The number of carbonyl (C=O) groups is 1. The van der Waals surface area contributed by atoms with Crippen LogP contribution in [-0.2, 0) is 4.79 Å². The Kier molecular flexibility index (Phi) is 8.29. The van der Waals surface area contributed by atoms with Crippen LogP contribution < -0.4 is 20.1 Å². The van der Waals surface area contributed by atoms with Crippen LogP contribution in [0, 0.1) is 10.1 Å². The first kappa shape index (κ1) is 22.0. The predicted molar refractivity (Wildman–Crippen MR) is 113 cm³/mol. The number of methoxy groups -OCH3 is 1. The molecule has 1 amide bonds. The molecule has 0 atom stereocenters. The number of halogens is 1. The number of carbonyl (C=O) groups excluding carboxylic acids is 1. The lowest BCUT2D eigenvalue weighted by atomic mass is 10.2. The number of nitro benzene ring substituents is 1. The summed E-state index contributed by atoms with van der Waals surface area (Å²) in [5, 5.41) is 16.8. The summed E-state index contributed by atoms with van der Waals surface area (Å²) in [7, 11) is 1.52. The van der Waals surface area contributed by atoms with Gasteiger partial charge in [0, 0.05) is 37.0 Å². The molecule has 0 aromatic heterocycles. The molecule has 0 aliphatic rings. The van der Waals surface area contributed by atoms with E-state index >= 15 is 0 Å². The summed E-state index contributed by atoms with van der Waals surface area (Å²) in [6, 6.07) is 9.48. The highest BCUT2D eigenvalue weighted by atomic mass is 35.5. The summed E-state index contributed by atoms with van der Waals surface area (Å²) in [5.41, 5.74) is 1.46. The van der Waals surface area contributed by atoms with E-state index in [1.807, 2.05) is 6.92 Å². The molecule has 0 spiro atoms. The van der Waals surface area contributed by atoms with Crippen molar-refractivity contribution in [3.63, 3.8) is 0 Å². The minimum atomic E-state index is -0.455. The van der Waals surface area contributed by atoms with E-state index in [2.05, 4.69) is 10.6 Å². The van der Waals surface area contributed by atoms with Gasteiger partial charge in [0.25, 0.3) is 5.69 Å². The number of rotatable bonds is 10. The van der Waals surface area contributed by atoms with Gasteiger partial charge in [0.15, 0.2) is 11.5 Å². The lowest BCUT2D eigenvalue weighted by Crippen LogP contribution is -2.27. The number of amides is 1. The van der Waals surface area contributed by atoms with Crippen molar-refractivity contribution in [2.45, 2.75) is 6.92 Å². The maximum atomic E-state index is 12.0. The zero-order chi connectivity index (χ0) is 21.2. The van der Waals surface area contributed by atoms with Gasteiger partial charge in [-0.3, -0.25) is 14.9 Å². The van der Waals surface area contributed by atoms with E-state index in [1.165, 1.54) is 25.3 Å². The molecule has 9 heteroatoms. The second-order valence-electron chi connectivity index (χ2n) is 5.82. The number of benzene rings is 2. The van der Waals surface area contributed by atoms with Crippen molar-refractivity contribution in [1.29, 1.82) is 0 Å². The van der Waals surface area contributed by atoms with Gasteiger partial charge in [-0.25, -0.2) is 0 Å². The largest absolute Gasteiger partial charge is 0.493 e. The molecule has 0 heterocycles. The van der Waals surface area contributed by atoms with Gasteiger partial charge < -0.3 is 20.1 Å². The monoisotopic (exact) mass is 419 g/mol. The van der Waals surface area contributed by atoms with E-state index in [1.54, 1.807) is 30.3 Å². The average molecular weight is 420 g/mol. The highest BCUT2D eigenvalue weighted by Gasteiger charge is 2.10. The lowest BCUT2D eigenvalue weighted by Gasteiger charge is -2.11. The number of hydrogen-bond acceptors (Lipinski definition) is 6. The van der Waals surface area contributed by atoms with E-state index < -0.39 is 4.92 Å². The van der Waals surface area contributed by atoms with Gasteiger partial charge in [-0.1, -0.05) is 11.6 Å². The molecule has 2 rings (SSSR count). The summed E-state index contributed by atoms with van der Waals surface area (Å²) in [5.74, 6) is 0.696. The van der Waals surface area contributed by atoms with E-state index in [0.29, 0.717) is 41.8 Å². The van der Waals surface area contributed by atoms with Gasteiger partial charge in [0.05, 0.1) is 23.7 Å². The van der Waals surface area contributed by atoms with Crippen LogP contribution in [0.2, 0.25) is 5.02 Å². The third-order valence-corrected chi connectivity index (χ3v) is 4.08. The summed E-state index contributed by atoms with van der Waals surface area (Å²) >= 11 is 6.21. The zero-order valence-electron chi connectivity index (χ0n) is 16.1. The van der Waals surface area contributed by atoms with E-state index in [9.17, 15) is 14.9 Å². The highest BCUT2D eigenvalue weighted by molar-refractivity contribution is 6.32. The summed E-state index contributed by atoms with van der Waals surface area (Å²) in [6.45, 7) is 3.17. The molecule has 0 aliphatic heterocycles. The number of hydrogen-bond donors (Lipinski definition) is 2. The maximum Gasteiger partial charge on any atom is 0.269 e. The summed E-state index contributed by atoms with van der Waals surface area (Å²) < 4.78 is 10.7. The van der Waals surface area contributed by atoms with Gasteiger partial charge in [0.2, 0.25) is 5.91 Å². The Hall–Kier alpha value is -3.26. The molecule has 0 radical (unpaired) electrons. The molecule has 0 aliphatic carbocycles. The third kappa shape index (κ3) is 6.69. The van der Waals surface area contributed by atoms with Crippen LogP contribution >= 0.6 is 11.6 Å². The Morgan fingerprint density at radius 2 is 1.97 bits per heavy atom. The second-order valence-corrected chi connectivity index (χ2v) is 6.23. The predicted octanol–water partition coefficient (Wildman–Crippen LogP) is 3.90. The van der Waals surface area contributed by atoms with Crippen LogP contribution in [0.3, 0.4) is 0 Å². The van der Waals surface area contributed by atoms with Crippen LogP contribution in [-0.4, -0.2) is 37.6 Å². The van der Waals surface area contributed by atoms with Crippen molar-refractivity contribution < 1.29 is 19.2 Å². The topological polar surface area (TPSA) is 103 Å². The Labute approximate surface area is 173 Å². The van der Waals surface area contributed by atoms with Crippen molar-refractivity contribution in [3.05, 3.63) is 63.2 Å². The molecular formula is C20H22ClN3O5. The summed E-state index contributed by atoms with van der Waals surface area (Å²) in [4.78, 5) is 22.1. The van der Waals surface area contributed by atoms with Crippen LogP contribution in [0.1, 0.15) is 12.5 Å². The highest BCUT2D eigenvalue weighted by Crippen LogP contribution is 2.36. The fraction of sp³-hybridized carbons (Fsp3) is 0.250. The van der Waals surface area contributed by atoms with Crippen molar-refractivity contribution in [3.8, 4) is 11.5 Å².